The number of aromatic nitrogens is 1. The van der Waals surface area contributed by atoms with Crippen LogP contribution in [0.4, 0.5) is 4.79 Å². The summed E-state index contributed by atoms with van der Waals surface area (Å²) >= 11 is 0. The van der Waals surface area contributed by atoms with E-state index in [1.165, 1.54) is 0 Å². The van der Waals surface area contributed by atoms with Crippen molar-refractivity contribution in [3.8, 4) is 11.3 Å². The lowest BCUT2D eigenvalue weighted by Crippen LogP contribution is -2.54. The Morgan fingerprint density at radius 2 is 2.10 bits per heavy atom. The Labute approximate surface area is 168 Å². The van der Waals surface area contributed by atoms with E-state index < -0.39 is 24.1 Å². The molecule has 1 aliphatic carbocycles. The maximum absolute atomic E-state index is 12.9. The smallest absolute Gasteiger partial charge is 0.326 e. The second-order valence-corrected chi connectivity index (χ2v) is 7.65. The Hall–Kier alpha value is -3.16. The molecule has 0 unspecified atom stereocenters. The molecule has 1 saturated carbocycles. The number of esters is 1. The minimum absolute atomic E-state index is 0.0419. The number of amides is 3. The van der Waals surface area contributed by atoms with Gasteiger partial charge in [-0.05, 0) is 18.8 Å². The van der Waals surface area contributed by atoms with Crippen molar-refractivity contribution in [1.29, 1.82) is 0 Å². The van der Waals surface area contributed by atoms with Gasteiger partial charge in [-0.1, -0.05) is 55.3 Å². The third-order valence-electron chi connectivity index (χ3n) is 5.79. The van der Waals surface area contributed by atoms with Crippen molar-refractivity contribution in [2.45, 2.75) is 44.8 Å². The molecule has 1 saturated heterocycles. The Kier molecular flexibility index (Phi) is 5.08. The maximum atomic E-state index is 12.9. The van der Waals surface area contributed by atoms with Crippen LogP contribution in [0, 0.1) is 5.92 Å². The molecule has 152 valence electrons. The fourth-order valence-corrected chi connectivity index (χ4v) is 4.09. The lowest BCUT2D eigenvalue weighted by Gasteiger charge is -2.36. The first-order chi connectivity index (χ1) is 14.0. The molecule has 1 aromatic carbocycles. The summed E-state index contributed by atoms with van der Waals surface area (Å²) in [4.78, 5) is 38.4. The predicted octanol–water partition coefficient (Wildman–Crippen LogP) is 2.89. The molecule has 4 rings (SSSR count). The predicted molar refractivity (Wildman–Crippen MR) is 102 cm³/mol. The molecule has 2 heterocycles. The van der Waals surface area contributed by atoms with Gasteiger partial charge in [0, 0.05) is 11.6 Å². The van der Waals surface area contributed by atoms with Crippen LogP contribution in [0.3, 0.4) is 0 Å². The summed E-state index contributed by atoms with van der Waals surface area (Å²) in [7, 11) is 0. The van der Waals surface area contributed by atoms with Gasteiger partial charge < -0.3 is 14.6 Å². The zero-order valence-corrected chi connectivity index (χ0v) is 16.2. The minimum atomic E-state index is -0.883. The zero-order chi connectivity index (χ0) is 20.4. The number of nitrogens with one attached hydrogen (secondary N) is 1. The van der Waals surface area contributed by atoms with Crippen molar-refractivity contribution < 1.29 is 23.6 Å². The maximum Gasteiger partial charge on any atom is 0.326 e. The molecule has 29 heavy (non-hydrogen) atoms. The standard InChI is InChI=1S/C21H23N3O5/c1-14-7-5-6-10-21(14)19(26)24(20(27)22-21)12-18(25)28-13-16-11-17(29-23-16)15-8-3-2-4-9-15/h2-4,8-9,11,14H,5-7,10,12-13H2,1H3,(H,22,27)/t14-,21+/m0/s1. The Morgan fingerprint density at radius 3 is 2.86 bits per heavy atom. The summed E-state index contributed by atoms with van der Waals surface area (Å²) in [5.41, 5.74) is 0.433. The SMILES string of the molecule is C[C@H]1CCCC[C@@]12NC(=O)N(CC(=O)OCc1cc(-c3ccccc3)on1)C2=O. The van der Waals surface area contributed by atoms with Gasteiger partial charge in [0.15, 0.2) is 5.76 Å². The summed E-state index contributed by atoms with van der Waals surface area (Å²) in [6.45, 7) is 1.46. The van der Waals surface area contributed by atoms with Gasteiger partial charge >= 0.3 is 12.0 Å². The molecule has 2 fully saturated rings. The Balaban J connectivity index is 1.35. The van der Waals surface area contributed by atoms with Gasteiger partial charge in [0.05, 0.1) is 0 Å². The van der Waals surface area contributed by atoms with Crippen molar-refractivity contribution in [1.82, 2.24) is 15.4 Å². The van der Waals surface area contributed by atoms with Crippen molar-refractivity contribution in [2.75, 3.05) is 6.54 Å². The average Bonchev–Trinajstić information content (AvgIpc) is 3.29. The quantitative estimate of drug-likeness (QED) is 0.615. The van der Waals surface area contributed by atoms with Gasteiger partial charge in [-0.25, -0.2) is 4.79 Å². The molecule has 1 aliphatic heterocycles. The van der Waals surface area contributed by atoms with Crippen molar-refractivity contribution >= 4 is 17.9 Å². The van der Waals surface area contributed by atoms with Gasteiger partial charge in [-0.15, -0.1) is 0 Å². The molecule has 2 aliphatic rings. The normalized spacial score (nSPS) is 24.0. The van der Waals surface area contributed by atoms with E-state index in [-0.39, 0.29) is 18.4 Å². The molecule has 8 nitrogen and oxygen atoms in total. The van der Waals surface area contributed by atoms with Gasteiger partial charge in [-0.2, -0.15) is 0 Å². The van der Waals surface area contributed by atoms with Crippen LogP contribution in [0.25, 0.3) is 11.3 Å². The molecule has 1 N–H and O–H groups in total. The molecular formula is C21H23N3O5. The van der Waals surface area contributed by atoms with Crippen LogP contribution < -0.4 is 5.32 Å². The number of imide groups is 1. The monoisotopic (exact) mass is 397 g/mol. The van der Waals surface area contributed by atoms with Gasteiger partial charge in [0.2, 0.25) is 0 Å². The summed E-state index contributed by atoms with van der Waals surface area (Å²) < 4.78 is 10.5. The van der Waals surface area contributed by atoms with Crippen molar-refractivity contribution in [3.63, 3.8) is 0 Å². The highest BCUT2D eigenvalue weighted by Gasteiger charge is 2.55. The highest BCUT2D eigenvalue weighted by Crippen LogP contribution is 2.38. The molecule has 1 spiro atoms. The van der Waals surface area contributed by atoms with Gasteiger partial charge in [-0.3, -0.25) is 14.5 Å². The zero-order valence-electron chi connectivity index (χ0n) is 16.2. The van der Waals surface area contributed by atoms with E-state index >= 15 is 0 Å². The third kappa shape index (κ3) is 3.62. The third-order valence-corrected chi connectivity index (χ3v) is 5.79. The first kappa shape index (κ1) is 19.2. The van der Waals surface area contributed by atoms with E-state index in [1.807, 2.05) is 37.3 Å². The fraction of sp³-hybridized carbons (Fsp3) is 0.429. The van der Waals surface area contributed by atoms with Gasteiger partial charge in [0.25, 0.3) is 5.91 Å². The number of nitrogens with zero attached hydrogens (tertiary/aromatic N) is 2. The second-order valence-electron chi connectivity index (χ2n) is 7.65. The molecule has 2 atom stereocenters. The van der Waals surface area contributed by atoms with Crippen molar-refractivity contribution in [2.24, 2.45) is 5.92 Å². The topological polar surface area (TPSA) is 102 Å². The summed E-state index contributed by atoms with van der Waals surface area (Å²) in [6, 6.07) is 10.6. The van der Waals surface area contributed by atoms with Gasteiger partial charge in [0.1, 0.15) is 24.4 Å². The Bertz CT molecular complexity index is 925. The number of urea groups is 1. The first-order valence-electron chi connectivity index (χ1n) is 9.80. The number of hydrogen-bond donors (Lipinski definition) is 1. The number of benzene rings is 1. The van der Waals surface area contributed by atoms with Crippen molar-refractivity contribution in [3.05, 3.63) is 42.1 Å². The van der Waals surface area contributed by atoms with Crippen LogP contribution in [0.1, 0.15) is 38.3 Å². The van der Waals surface area contributed by atoms with Crippen LogP contribution in [0.2, 0.25) is 0 Å². The number of carbonyl (C=O) groups is 3. The molecule has 1 aromatic heterocycles. The van der Waals surface area contributed by atoms with Crippen LogP contribution in [-0.4, -0.2) is 40.0 Å². The van der Waals surface area contributed by atoms with E-state index in [4.69, 9.17) is 9.26 Å². The molecular weight excluding hydrogens is 374 g/mol. The number of carbonyl (C=O) groups excluding carboxylic acids is 3. The van der Waals surface area contributed by atoms with E-state index in [2.05, 4.69) is 10.5 Å². The van der Waals surface area contributed by atoms with Crippen LogP contribution >= 0.6 is 0 Å². The molecule has 3 amide bonds. The second kappa shape index (κ2) is 7.69. The molecule has 8 heteroatoms. The van der Waals surface area contributed by atoms with E-state index in [0.717, 1.165) is 29.7 Å². The highest BCUT2D eigenvalue weighted by molar-refractivity contribution is 6.08. The number of hydrogen-bond acceptors (Lipinski definition) is 6. The summed E-state index contributed by atoms with van der Waals surface area (Å²) in [5.74, 6) is -0.392. The lowest BCUT2D eigenvalue weighted by atomic mass is 9.73. The summed E-state index contributed by atoms with van der Waals surface area (Å²) in [5, 5.41) is 6.71. The first-order valence-corrected chi connectivity index (χ1v) is 9.80. The number of ether oxygens (including phenoxy) is 1. The summed E-state index contributed by atoms with van der Waals surface area (Å²) in [6.07, 6.45) is 3.40. The Morgan fingerprint density at radius 1 is 1.31 bits per heavy atom. The largest absolute Gasteiger partial charge is 0.458 e. The van der Waals surface area contributed by atoms with Crippen LogP contribution in [0.5, 0.6) is 0 Å². The van der Waals surface area contributed by atoms with Crippen LogP contribution in [0.15, 0.2) is 40.9 Å². The van der Waals surface area contributed by atoms with E-state index in [9.17, 15) is 14.4 Å². The average molecular weight is 397 g/mol. The lowest BCUT2D eigenvalue weighted by molar-refractivity contribution is -0.149. The van der Waals surface area contributed by atoms with E-state index in [1.54, 1.807) is 6.07 Å². The molecule has 2 aromatic rings. The van der Waals surface area contributed by atoms with E-state index in [0.29, 0.717) is 17.9 Å². The highest BCUT2D eigenvalue weighted by atomic mass is 16.5. The fourth-order valence-electron chi connectivity index (χ4n) is 4.09. The number of rotatable bonds is 5. The minimum Gasteiger partial charge on any atom is -0.458 e. The van der Waals surface area contributed by atoms with Crippen LogP contribution in [-0.2, 0) is 20.9 Å². The molecule has 0 radical (unpaired) electrons. The molecule has 0 bridgehead atoms.